The van der Waals surface area contributed by atoms with Crippen molar-refractivity contribution in [2.45, 2.75) is 6.54 Å². The average Bonchev–Trinajstić information content (AvgIpc) is 2.40. The van der Waals surface area contributed by atoms with Gasteiger partial charge in [-0.3, -0.25) is 4.79 Å². The van der Waals surface area contributed by atoms with Gasteiger partial charge in [-0.25, -0.2) is 9.37 Å². The van der Waals surface area contributed by atoms with E-state index in [1.807, 2.05) is 0 Å². The maximum Gasteiger partial charge on any atom is 0.272 e. The van der Waals surface area contributed by atoms with E-state index in [-0.39, 0.29) is 18.1 Å². The van der Waals surface area contributed by atoms with Crippen LogP contribution < -0.4 is 11.1 Å². The highest BCUT2D eigenvalue weighted by Gasteiger charge is 2.11. The van der Waals surface area contributed by atoms with Crippen LogP contribution in [0.2, 0.25) is 0 Å². The normalized spacial score (nSPS) is 10.2. The summed E-state index contributed by atoms with van der Waals surface area (Å²) in [7, 11) is 0. The average molecular weight is 324 g/mol. The van der Waals surface area contributed by atoms with Crippen LogP contribution in [0.25, 0.3) is 0 Å². The molecule has 2 rings (SSSR count). The molecular weight excluding hydrogens is 313 g/mol. The standard InChI is InChI=1S/C13H11BrFN3O/c14-10-4-3-9(15)6-8(10)7-18-13(19)12-11(16)2-1-5-17-12/h1-6H,7,16H2,(H,18,19). The minimum absolute atomic E-state index is 0.162. The Morgan fingerprint density at radius 1 is 1.42 bits per heavy atom. The monoisotopic (exact) mass is 323 g/mol. The number of carbonyl (C=O) groups is 1. The van der Waals surface area contributed by atoms with Gasteiger partial charge in [0.1, 0.15) is 5.82 Å². The molecule has 0 saturated carbocycles. The van der Waals surface area contributed by atoms with Crippen molar-refractivity contribution in [3.63, 3.8) is 0 Å². The Balaban J connectivity index is 2.09. The summed E-state index contributed by atoms with van der Waals surface area (Å²) < 4.78 is 13.8. The number of nitrogens with two attached hydrogens (primary N) is 1. The Labute approximate surface area is 118 Å². The maximum absolute atomic E-state index is 13.1. The lowest BCUT2D eigenvalue weighted by Gasteiger charge is -2.08. The number of pyridine rings is 1. The van der Waals surface area contributed by atoms with Gasteiger partial charge >= 0.3 is 0 Å². The molecule has 1 amide bonds. The summed E-state index contributed by atoms with van der Waals surface area (Å²) in [5.41, 5.74) is 6.76. The van der Waals surface area contributed by atoms with Gasteiger partial charge in [-0.2, -0.15) is 0 Å². The van der Waals surface area contributed by atoms with Gasteiger partial charge in [0.15, 0.2) is 5.69 Å². The van der Waals surface area contributed by atoms with Crippen LogP contribution in [0.4, 0.5) is 10.1 Å². The molecule has 0 spiro atoms. The maximum atomic E-state index is 13.1. The summed E-state index contributed by atoms with van der Waals surface area (Å²) in [5.74, 6) is -0.751. The summed E-state index contributed by atoms with van der Waals surface area (Å²) in [4.78, 5) is 15.8. The summed E-state index contributed by atoms with van der Waals surface area (Å²) in [6, 6.07) is 7.53. The van der Waals surface area contributed by atoms with Gasteiger partial charge in [-0.15, -0.1) is 0 Å². The number of aromatic nitrogens is 1. The number of benzene rings is 1. The van der Waals surface area contributed by atoms with E-state index in [1.54, 1.807) is 18.2 Å². The van der Waals surface area contributed by atoms with Crippen LogP contribution in [-0.4, -0.2) is 10.9 Å². The lowest BCUT2D eigenvalue weighted by atomic mass is 10.2. The van der Waals surface area contributed by atoms with Crippen molar-refractivity contribution in [2.24, 2.45) is 0 Å². The van der Waals surface area contributed by atoms with Crippen molar-refractivity contribution < 1.29 is 9.18 Å². The van der Waals surface area contributed by atoms with Gasteiger partial charge in [0.2, 0.25) is 0 Å². The predicted octanol–water partition coefficient (Wildman–Crippen LogP) is 2.50. The third kappa shape index (κ3) is 3.29. The number of nitrogens with one attached hydrogen (secondary N) is 1. The number of carbonyl (C=O) groups excluding carboxylic acids is 1. The highest BCUT2D eigenvalue weighted by atomic mass is 79.9. The fourth-order valence-corrected chi connectivity index (χ4v) is 1.93. The van der Waals surface area contributed by atoms with Gasteiger partial charge in [-0.05, 0) is 35.9 Å². The predicted molar refractivity (Wildman–Crippen MR) is 73.9 cm³/mol. The van der Waals surface area contributed by atoms with Crippen molar-refractivity contribution in [1.82, 2.24) is 10.3 Å². The molecule has 6 heteroatoms. The molecule has 0 bridgehead atoms. The molecule has 0 unspecified atom stereocenters. The zero-order valence-electron chi connectivity index (χ0n) is 9.86. The van der Waals surface area contributed by atoms with Crippen molar-refractivity contribution >= 4 is 27.5 Å². The van der Waals surface area contributed by atoms with Gasteiger partial charge in [-0.1, -0.05) is 15.9 Å². The molecule has 1 heterocycles. The first-order valence-corrected chi connectivity index (χ1v) is 6.30. The molecule has 2 aromatic rings. The summed E-state index contributed by atoms with van der Waals surface area (Å²) in [6.45, 7) is 0.188. The Hall–Kier alpha value is -1.95. The van der Waals surface area contributed by atoms with Gasteiger partial charge in [0, 0.05) is 17.2 Å². The molecule has 0 saturated heterocycles. The number of hydrogen-bond acceptors (Lipinski definition) is 3. The van der Waals surface area contributed by atoms with Crippen molar-refractivity contribution in [1.29, 1.82) is 0 Å². The second-order valence-corrected chi connectivity index (χ2v) is 4.71. The topological polar surface area (TPSA) is 68.0 Å². The lowest BCUT2D eigenvalue weighted by Crippen LogP contribution is -2.25. The molecule has 0 aliphatic rings. The number of amides is 1. The third-order valence-corrected chi connectivity index (χ3v) is 3.27. The second-order valence-electron chi connectivity index (χ2n) is 3.86. The number of nitrogens with zero attached hydrogens (tertiary/aromatic N) is 1. The number of rotatable bonds is 3. The molecule has 1 aromatic carbocycles. The number of anilines is 1. The van der Waals surface area contributed by atoms with Crippen molar-refractivity contribution in [3.8, 4) is 0 Å². The molecule has 0 fully saturated rings. The molecule has 19 heavy (non-hydrogen) atoms. The third-order valence-electron chi connectivity index (χ3n) is 2.50. The smallest absolute Gasteiger partial charge is 0.272 e. The quantitative estimate of drug-likeness (QED) is 0.911. The van der Waals surface area contributed by atoms with Crippen LogP contribution in [0, 0.1) is 5.82 Å². The van der Waals surface area contributed by atoms with E-state index in [2.05, 4.69) is 26.2 Å². The van der Waals surface area contributed by atoms with E-state index < -0.39 is 5.91 Å². The van der Waals surface area contributed by atoms with E-state index in [0.717, 1.165) is 4.47 Å². The van der Waals surface area contributed by atoms with Crippen molar-refractivity contribution in [2.75, 3.05) is 5.73 Å². The Bertz CT molecular complexity index is 619. The molecule has 4 nitrogen and oxygen atoms in total. The zero-order valence-corrected chi connectivity index (χ0v) is 11.4. The highest BCUT2D eigenvalue weighted by Crippen LogP contribution is 2.17. The van der Waals surface area contributed by atoms with Crippen molar-refractivity contribution in [3.05, 3.63) is 58.1 Å². The first kappa shape index (κ1) is 13.5. The Kier molecular flexibility index (Phi) is 4.11. The summed E-state index contributed by atoms with van der Waals surface area (Å²) in [6.07, 6.45) is 1.49. The Morgan fingerprint density at radius 3 is 2.95 bits per heavy atom. The van der Waals surface area contributed by atoms with Crippen LogP contribution in [0.3, 0.4) is 0 Å². The minimum atomic E-state index is -0.394. The SMILES string of the molecule is Nc1cccnc1C(=O)NCc1cc(F)ccc1Br. The molecule has 98 valence electrons. The van der Waals surface area contributed by atoms with Crippen LogP contribution in [0.5, 0.6) is 0 Å². The number of nitrogen functional groups attached to an aromatic ring is 1. The molecule has 3 N–H and O–H groups in total. The van der Waals surface area contributed by atoms with Crippen LogP contribution in [0.1, 0.15) is 16.1 Å². The highest BCUT2D eigenvalue weighted by molar-refractivity contribution is 9.10. The molecule has 0 radical (unpaired) electrons. The molecule has 0 atom stereocenters. The van der Waals surface area contributed by atoms with Crippen LogP contribution >= 0.6 is 15.9 Å². The minimum Gasteiger partial charge on any atom is -0.397 e. The zero-order chi connectivity index (χ0) is 13.8. The van der Waals surface area contributed by atoms with Gasteiger partial charge in [0.05, 0.1) is 5.69 Å². The fraction of sp³-hybridized carbons (Fsp3) is 0.0769. The molecule has 0 aliphatic heterocycles. The molecule has 1 aromatic heterocycles. The summed E-state index contributed by atoms with van der Waals surface area (Å²) in [5, 5.41) is 2.65. The van der Waals surface area contributed by atoms with Gasteiger partial charge < -0.3 is 11.1 Å². The number of hydrogen-bond donors (Lipinski definition) is 2. The largest absolute Gasteiger partial charge is 0.397 e. The van der Waals surface area contributed by atoms with Crippen LogP contribution in [0.15, 0.2) is 41.0 Å². The second kappa shape index (κ2) is 5.79. The molecular formula is C13H11BrFN3O. The van der Waals surface area contributed by atoms with E-state index >= 15 is 0 Å². The Morgan fingerprint density at radius 2 is 2.21 bits per heavy atom. The summed E-state index contributed by atoms with van der Waals surface area (Å²) >= 11 is 3.29. The fourth-order valence-electron chi connectivity index (χ4n) is 1.55. The van der Waals surface area contributed by atoms with E-state index in [1.165, 1.54) is 18.3 Å². The molecule has 0 aliphatic carbocycles. The van der Waals surface area contributed by atoms with Crippen LogP contribution in [-0.2, 0) is 6.54 Å². The van der Waals surface area contributed by atoms with E-state index in [9.17, 15) is 9.18 Å². The van der Waals surface area contributed by atoms with E-state index in [4.69, 9.17) is 5.73 Å². The number of halogens is 2. The van der Waals surface area contributed by atoms with E-state index in [0.29, 0.717) is 11.3 Å². The van der Waals surface area contributed by atoms with Gasteiger partial charge in [0.25, 0.3) is 5.91 Å². The lowest BCUT2D eigenvalue weighted by molar-refractivity contribution is 0.0947. The first-order chi connectivity index (χ1) is 9.08. The first-order valence-electron chi connectivity index (χ1n) is 5.50.